The number of carboxylic acid groups (broad SMARTS) is 1. The highest BCUT2D eigenvalue weighted by Crippen LogP contribution is 2.07. The van der Waals surface area contributed by atoms with Crippen LogP contribution in [0, 0.1) is 0 Å². The maximum Gasteiger partial charge on any atom is 0.326 e. The van der Waals surface area contributed by atoms with Crippen molar-refractivity contribution in [2.75, 3.05) is 13.1 Å². The van der Waals surface area contributed by atoms with Crippen molar-refractivity contribution in [2.24, 2.45) is 33.7 Å². The van der Waals surface area contributed by atoms with E-state index in [1.807, 2.05) is 6.07 Å². The molecule has 0 radical (unpaired) electrons. The number of hydrogen-bond donors (Lipinski definition) is 9. The lowest BCUT2D eigenvalue weighted by molar-refractivity contribution is -0.142. The van der Waals surface area contributed by atoms with Crippen LogP contribution in [-0.2, 0) is 30.4 Å². The van der Waals surface area contributed by atoms with Gasteiger partial charge in [0.05, 0.1) is 12.5 Å². The summed E-state index contributed by atoms with van der Waals surface area (Å²) >= 11 is 0. The second-order valence-corrected chi connectivity index (χ2v) is 9.22. The Bertz CT molecular complexity index is 1020. The van der Waals surface area contributed by atoms with E-state index in [1.165, 1.54) is 0 Å². The lowest BCUT2D eigenvalue weighted by Crippen LogP contribution is -2.57. The fourth-order valence-electron chi connectivity index (χ4n) is 3.72. The maximum atomic E-state index is 13.1. The number of unbranched alkanes of at least 4 members (excludes halogenated alkanes) is 1. The number of guanidine groups is 1. The van der Waals surface area contributed by atoms with Crippen LogP contribution in [0.1, 0.15) is 44.1 Å². The monoisotopic (exact) mass is 563 g/mol. The van der Waals surface area contributed by atoms with Gasteiger partial charge in [0, 0.05) is 6.54 Å². The van der Waals surface area contributed by atoms with Crippen molar-refractivity contribution in [2.45, 2.75) is 69.1 Å². The molecule has 40 heavy (non-hydrogen) atoms. The minimum absolute atomic E-state index is 0.0288. The van der Waals surface area contributed by atoms with Crippen LogP contribution in [0.4, 0.5) is 0 Å². The summed E-state index contributed by atoms with van der Waals surface area (Å²) in [5.74, 6) is -4.60. The van der Waals surface area contributed by atoms with Crippen LogP contribution in [0.3, 0.4) is 0 Å². The molecule has 0 bridgehead atoms. The fraction of sp³-hybridized carbons (Fsp3) is 0.520. The number of nitrogens with one attached hydrogen (secondary N) is 3. The van der Waals surface area contributed by atoms with Crippen molar-refractivity contribution in [3.05, 3.63) is 35.9 Å². The zero-order valence-corrected chi connectivity index (χ0v) is 22.4. The number of carboxylic acids is 1. The van der Waals surface area contributed by atoms with E-state index in [0.29, 0.717) is 19.4 Å². The van der Waals surface area contributed by atoms with Gasteiger partial charge in [-0.25, -0.2) is 4.79 Å². The first-order valence-electron chi connectivity index (χ1n) is 12.9. The average Bonchev–Trinajstić information content (AvgIpc) is 2.89. The number of benzene rings is 1. The first-order valence-corrected chi connectivity index (χ1v) is 12.9. The Morgan fingerprint density at radius 1 is 0.800 bits per heavy atom. The number of aliphatic carboxylic acids is 1. The molecule has 0 fully saturated rings. The fourth-order valence-corrected chi connectivity index (χ4v) is 3.72. The summed E-state index contributed by atoms with van der Waals surface area (Å²) in [6.07, 6.45) is 1.04. The van der Waals surface area contributed by atoms with Crippen LogP contribution in [0.2, 0.25) is 0 Å². The van der Waals surface area contributed by atoms with Gasteiger partial charge in [0.2, 0.25) is 23.6 Å². The van der Waals surface area contributed by atoms with Crippen LogP contribution < -0.4 is 44.6 Å². The number of aliphatic imine (C=N–C) groups is 1. The van der Waals surface area contributed by atoms with E-state index in [9.17, 15) is 29.1 Å². The highest BCUT2D eigenvalue weighted by Gasteiger charge is 2.31. The molecule has 222 valence electrons. The second-order valence-electron chi connectivity index (χ2n) is 9.22. The third-order valence-electron chi connectivity index (χ3n) is 5.81. The molecule has 1 rings (SSSR count). The minimum atomic E-state index is -1.41. The molecule has 0 aliphatic heterocycles. The predicted octanol–water partition coefficient (Wildman–Crippen LogP) is -2.85. The Kier molecular flexibility index (Phi) is 15.3. The standard InChI is InChI=1S/C25H41N9O6/c26-11-5-4-9-17(22(37)33-18(24(39)40)10-6-12-31-25(29)30)32-23(38)19(14-20(28)35)34-21(36)16(27)13-15-7-2-1-3-8-15/h1-3,7-8,16-19H,4-6,9-14,26-27H2,(H2,28,35)(H,32,38)(H,33,37)(H,34,36)(H,39,40)(H4,29,30,31). The minimum Gasteiger partial charge on any atom is -0.480 e. The molecule has 15 heteroatoms. The van der Waals surface area contributed by atoms with E-state index in [0.717, 1.165) is 5.56 Å². The summed E-state index contributed by atoms with van der Waals surface area (Å²) < 4.78 is 0. The summed E-state index contributed by atoms with van der Waals surface area (Å²) in [6, 6.07) is 4.09. The summed E-state index contributed by atoms with van der Waals surface area (Å²) in [5.41, 5.74) is 28.1. The highest BCUT2D eigenvalue weighted by atomic mass is 16.4. The van der Waals surface area contributed by atoms with Gasteiger partial charge >= 0.3 is 5.97 Å². The summed E-state index contributed by atoms with van der Waals surface area (Å²) in [7, 11) is 0. The number of nitrogens with two attached hydrogens (primary N) is 5. The van der Waals surface area contributed by atoms with Gasteiger partial charge in [0.15, 0.2) is 5.96 Å². The predicted molar refractivity (Wildman–Crippen MR) is 148 cm³/mol. The van der Waals surface area contributed by atoms with Crippen LogP contribution in [0.5, 0.6) is 0 Å². The molecule has 15 nitrogen and oxygen atoms in total. The van der Waals surface area contributed by atoms with Crippen LogP contribution >= 0.6 is 0 Å². The van der Waals surface area contributed by atoms with Gasteiger partial charge in [-0.1, -0.05) is 30.3 Å². The van der Waals surface area contributed by atoms with Crippen molar-refractivity contribution in [1.29, 1.82) is 0 Å². The van der Waals surface area contributed by atoms with E-state index >= 15 is 0 Å². The highest BCUT2D eigenvalue weighted by molar-refractivity contribution is 5.96. The van der Waals surface area contributed by atoms with E-state index in [4.69, 9.17) is 28.7 Å². The van der Waals surface area contributed by atoms with Gasteiger partial charge < -0.3 is 49.7 Å². The third kappa shape index (κ3) is 13.5. The number of carbonyl (C=O) groups excluding carboxylic acids is 4. The number of primary amides is 1. The molecule has 0 heterocycles. The molecule has 1 aromatic rings. The van der Waals surface area contributed by atoms with Gasteiger partial charge in [0.25, 0.3) is 0 Å². The zero-order chi connectivity index (χ0) is 30.1. The Labute approximate surface area is 232 Å². The molecule has 0 saturated heterocycles. The van der Waals surface area contributed by atoms with Crippen molar-refractivity contribution in [3.8, 4) is 0 Å². The summed E-state index contributed by atoms with van der Waals surface area (Å²) in [5, 5.41) is 16.9. The maximum absolute atomic E-state index is 13.1. The topological polar surface area (TPSA) is 284 Å². The van der Waals surface area contributed by atoms with E-state index in [1.54, 1.807) is 24.3 Å². The van der Waals surface area contributed by atoms with Gasteiger partial charge in [-0.15, -0.1) is 0 Å². The molecule has 0 saturated carbocycles. The van der Waals surface area contributed by atoms with E-state index < -0.39 is 60.2 Å². The number of nitrogens with zero attached hydrogens (tertiary/aromatic N) is 1. The number of hydrogen-bond acceptors (Lipinski definition) is 8. The number of amides is 4. The molecule has 14 N–H and O–H groups in total. The van der Waals surface area contributed by atoms with Crippen molar-refractivity contribution >= 4 is 35.6 Å². The second kappa shape index (κ2) is 18.1. The summed E-state index contributed by atoms with van der Waals surface area (Å²) in [4.78, 5) is 66.0. The molecular weight excluding hydrogens is 522 g/mol. The van der Waals surface area contributed by atoms with Crippen LogP contribution in [0.25, 0.3) is 0 Å². The molecule has 4 unspecified atom stereocenters. The molecule has 4 atom stereocenters. The largest absolute Gasteiger partial charge is 0.480 e. The van der Waals surface area contributed by atoms with Gasteiger partial charge in [0.1, 0.15) is 18.1 Å². The number of rotatable bonds is 19. The number of carbonyl (C=O) groups is 5. The first kappa shape index (κ1) is 33.8. The van der Waals surface area contributed by atoms with Gasteiger partial charge in [-0.05, 0) is 50.6 Å². The Morgan fingerprint density at radius 3 is 1.95 bits per heavy atom. The Morgan fingerprint density at radius 2 is 1.38 bits per heavy atom. The van der Waals surface area contributed by atoms with E-state index in [2.05, 4.69) is 20.9 Å². The lowest BCUT2D eigenvalue weighted by Gasteiger charge is -2.25. The van der Waals surface area contributed by atoms with Crippen LogP contribution in [-0.4, -0.2) is 77.9 Å². The molecule has 0 spiro atoms. The summed E-state index contributed by atoms with van der Waals surface area (Å²) in [6.45, 7) is 0.504. The van der Waals surface area contributed by atoms with Gasteiger partial charge in [-0.3, -0.25) is 24.2 Å². The molecular formula is C25H41N9O6. The van der Waals surface area contributed by atoms with Gasteiger partial charge in [-0.2, -0.15) is 0 Å². The first-order chi connectivity index (χ1) is 18.9. The van der Waals surface area contributed by atoms with Crippen molar-refractivity contribution in [1.82, 2.24) is 16.0 Å². The van der Waals surface area contributed by atoms with Crippen molar-refractivity contribution < 1.29 is 29.1 Å². The quantitative estimate of drug-likeness (QED) is 0.0471. The Balaban J connectivity index is 2.95. The third-order valence-corrected chi connectivity index (χ3v) is 5.81. The zero-order valence-electron chi connectivity index (χ0n) is 22.4. The Hall–Kier alpha value is -4.24. The SMILES string of the molecule is NCCCCC(NC(=O)C(CC(N)=O)NC(=O)C(N)Cc1ccccc1)C(=O)NC(CCCN=C(N)N)C(=O)O. The molecule has 1 aromatic carbocycles. The average molecular weight is 564 g/mol. The molecule has 0 aliphatic rings. The smallest absolute Gasteiger partial charge is 0.326 e. The lowest BCUT2D eigenvalue weighted by atomic mass is 10.0. The van der Waals surface area contributed by atoms with E-state index in [-0.39, 0.29) is 38.2 Å². The van der Waals surface area contributed by atoms with Crippen molar-refractivity contribution in [3.63, 3.8) is 0 Å². The molecule has 0 aromatic heterocycles. The molecule has 4 amide bonds. The molecule has 0 aliphatic carbocycles. The normalized spacial score (nSPS) is 13.7. The van der Waals surface area contributed by atoms with Crippen LogP contribution in [0.15, 0.2) is 35.3 Å².